The van der Waals surface area contributed by atoms with Gasteiger partial charge in [0.05, 0.1) is 6.61 Å². The van der Waals surface area contributed by atoms with E-state index in [1.807, 2.05) is 0 Å². The minimum Gasteiger partial charge on any atom is -0.384 e. The van der Waals surface area contributed by atoms with Crippen LogP contribution in [0, 0.1) is 11.3 Å². The van der Waals surface area contributed by atoms with Gasteiger partial charge in [0.15, 0.2) is 0 Å². The van der Waals surface area contributed by atoms with E-state index < -0.39 is 0 Å². The molecule has 104 valence electrons. The Hall–Kier alpha value is -0.610. The van der Waals surface area contributed by atoms with Crippen LogP contribution in [0.15, 0.2) is 0 Å². The number of methoxy groups -OCH3 is 1. The van der Waals surface area contributed by atoms with Gasteiger partial charge in [-0.2, -0.15) is 0 Å². The summed E-state index contributed by atoms with van der Waals surface area (Å²) >= 11 is 0. The monoisotopic (exact) mass is 254 g/mol. The molecule has 2 fully saturated rings. The predicted octanol–water partition coefficient (Wildman–Crippen LogP) is 1.31. The van der Waals surface area contributed by atoms with Gasteiger partial charge in [-0.15, -0.1) is 0 Å². The summed E-state index contributed by atoms with van der Waals surface area (Å²) in [4.78, 5) is 12.1. The van der Waals surface area contributed by atoms with Crippen LogP contribution in [0.1, 0.15) is 38.5 Å². The van der Waals surface area contributed by atoms with Crippen LogP contribution in [-0.2, 0) is 9.53 Å². The van der Waals surface area contributed by atoms with Crippen molar-refractivity contribution in [1.29, 1.82) is 0 Å². The first-order chi connectivity index (χ1) is 8.76. The molecule has 1 saturated carbocycles. The summed E-state index contributed by atoms with van der Waals surface area (Å²) in [6.45, 7) is 3.59. The Morgan fingerprint density at radius 2 is 2.00 bits per heavy atom. The molecule has 0 unspecified atom stereocenters. The van der Waals surface area contributed by atoms with Crippen LogP contribution in [0.2, 0.25) is 0 Å². The second-order valence-corrected chi connectivity index (χ2v) is 5.88. The van der Waals surface area contributed by atoms with E-state index in [2.05, 4.69) is 10.6 Å². The second-order valence-electron chi connectivity index (χ2n) is 5.88. The van der Waals surface area contributed by atoms with Gasteiger partial charge in [0, 0.05) is 25.0 Å². The third-order valence-corrected chi connectivity index (χ3v) is 4.48. The summed E-state index contributed by atoms with van der Waals surface area (Å²) < 4.78 is 5.36. The number of nitrogens with one attached hydrogen (secondary N) is 2. The molecule has 2 N–H and O–H groups in total. The number of carbonyl (C=O) groups is 1. The lowest BCUT2D eigenvalue weighted by molar-refractivity contribution is -0.125. The molecule has 1 amide bonds. The molecule has 0 spiro atoms. The summed E-state index contributed by atoms with van der Waals surface area (Å²) in [5.41, 5.74) is 0.147. The molecule has 2 aliphatic rings. The predicted molar refractivity (Wildman–Crippen MR) is 71.4 cm³/mol. The Morgan fingerprint density at radius 1 is 1.33 bits per heavy atom. The van der Waals surface area contributed by atoms with Crippen molar-refractivity contribution in [3.63, 3.8) is 0 Å². The van der Waals surface area contributed by atoms with Gasteiger partial charge in [0.2, 0.25) is 5.91 Å². The molecule has 0 aromatic rings. The van der Waals surface area contributed by atoms with Crippen LogP contribution in [0.5, 0.6) is 0 Å². The number of carbonyl (C=O) groups excluding carboxylic acids is 1. The largest absolute Gasteiger partial charge is 0.384 e. The average Bonchev–Trinajstić information content (AvgIpc) is 2.91. The van der Waals surface area contributed by atoms with Crippen LogP contribution in [0.25, 0.3) is 0 Å². The first-order valence-electron chi connectivity index (χ1n) is 7.23. The molecular formula is C14H26N2O2. The smallest absolute Gasteiger partial charge is 0.223 e. The van der Waals surface area contributed by atoms with Gasteiger partial charge in [-0.05, 0) is 38.8 Å². The van der Waals surface area contributed by atoms with Gasteiger partial charge in [-0.1, -0.05) is 12.8 Å². The highest BCUT2D eigenvalue weighted by Gasteiger charge is 2.33. The van der Waals surface area contributed by atoms with Crippen molar-refractivity contribution in [2.45, 2.75) is 38.5 Å². The molecule has 1 saturated heterocycles. The molecule has 1 aliphatic heterocycles. The molecule has 0 bridgehead atoms. The first-order valence-corrected chi connectivity index (χ1v) is 7.23. The molecule has 0 aromatic carbocycles. The Balaban J connectivity index is 1.82. The van der Waals surface area contributed by atoms with Gasteiger partial charge < -0.3 is 15.4 Å². The quantitative estimate of drug-likeness (QED) is 0.778. The van der Waals surface area contributed by atoms with E-state index >= 15 is 0 Å². The number of amides is 1. The maximum Gasteiger partial charge on any atom is 0.223 e. The molecule has 1 heterocycles. The molecule has 0 atom stereocenters. The van der Waals surface area contributed by atoms with Crippen LogP contribution in [-0.4, -0.2) is 39.3 Å². The zero-order valence-electron chi connectivity index (χ0n) is 11.5. The van der Waals surface area contributed by atoms with Crippen LogP contribution < -0.4 is 10.6 Å². The fourth-order valence-corrected chi connectivity index (χ4v) is 3.24. The molecule has 0 aromatic heterocycles. The Kier molecular flexibility index (Phi) is 5.01. The van der Waals surface area contributed by atoms with Gasteiger partial charge in [-0.3, -0.25) is 4.79 Å². The Morgan fingerprint density at radius 3 is 2.61 bits per heavy atom. The van der Waals surface area contributed by atoms with Crippen LogP contribution in [0.4, 0.5) is 0 Å². The third kappa shape index (κ3) is 3.45. The molecule has 4 nitrogen and oxygen atoms in total. The van der Waals surface area contributed by atoms with E-state index in [9.17, 15) is 4.79 Å². The summed E-state index contributed by atoms with van der Waals surface area (Å²) in [7, 11) is 1.75. The van der Waals surface area contributed by atoms with E-state index in [4.69, 9.17) is 4.74 Å². The number of rotatable bonds is 5. The Labute approximate surface area is 110 Å². The highest BCUT2D eigenvalue weighted by Crippen LogP contribution is 2.29. The lowest BCUT2D eigenvalue weighted by Gasteiger charge is -2.37. The topological polar surface area (TPSA) is 50.4 Å². The van der Waals surface area contributed by atoms with Crippen LogP contribution >= 0.6 is 0 Å². The van der Waals surface area contributed by atoms with Gasteiger partial charge >= 0.3 is 0 Å². The number of ether oxygens (including phenoxy) is 1. The number of hydrogen-bond acceptors (Lipinski definition) is 3. The molecule has 1 aliphatic carbocycles. The van der Waals surface area contributed by atoms with Crippen molar-refractivity contribution in [1.82, 2.24) is 10.6 Å². The van der Waals surface area contributed by atoms with Gasteiger partial charge in [-0.25, -0.2) is 0 Å². The summed E-state index contributed by atoms with van der Waals surface area (Å²) in [6, 6.07) is 0. The van der Waals surface area contributed by atoms with Crippen molar-refractivity contribution >= 4 is 5.91 Å². The molecule has 18 heavy (non-hydrogen) atoms. The highest BCUT2D eigenvalue weighted by atomic mass is 16.5. The van der Waals surface area contributed by atoms with E-state index in [0.29, 0.717) is 0 Å². The Bertz CT molecular complexity index is 263. The van der Waals surface area contributed by atoms with Gasteiger partial charge in [0.1, 0.15) is 0 Å². The maximum absolute atomic E-state index is 12.1. The highest BCUT2D eigenvalue weighted by molar-refractivity contribution is 5.78. The van der Waals surface area contributed by atoms with Crippen molar-refractivity contribution in [3.05, 3.63) is 0 Å². The average molecular weight is 254 g/mol. The zero-order chi connectivity index (χ0) is 12.8. The SMILES string of the molecule is COCC1(CNC(=O)C2CCCC2)CCNCC1. The summed E-state index contributed by atoms with van der Waals surface area (Å²) in [6.07, 6.45) is 6.75. The van der Waals surface area contributed by atoms with Crippen molar-refractivity contribution in [2.24, 2.45) is 11.3 Å². The third-order valence-electron chi connectivity index (χ3n) is 4.48. The van der Waals surface area contributed by atoms with Crippen molar-refractivity contribution in [3.8, 4) is 0 Å². The van der Waals surface area contributed by atoms with E-state index in [-0.39, 0.29) is 17.2 Å². The molecular weight excluding hydrogens is 228 g/mol. The lowest BCUT2D eigenvalue weighted by atomic mass is 9.79. The van der Waals surface area contributed by atoms with E-state index in [1.165, 1.54) is 12.8 Å². The summed E-state index contributed by atoms with van der Waals surface area (Å²) in [5.74, 6) is 0.535. The second kappa shape index (κ2) is 6.53. The van der Waals surface area contributed by atoms with Gasteiger partial charge in [0.25, 0.3) is 0 Å². The minimum atomic E-state index is 0.147. The normalized spacial score (nSPS) is 24.1. The molecule has 4 heteroatoms. The van der Waals surface area contributed by atoms with Crippen molar-refractivity contribution in [2.75, 3.05) is 33.4 Å². The molecule has 0 radical (unpaired) electrons. The lowest BCUT2D eigenvalue weighted by Crippen LogP contribution is -2.48. The van der Waals surface area contributed by atoms with E-state index in [1.54, 1.807) is 7.11 Å². The zero-order valence-corrected chi connectivity index (χ0v) is 11.5. The fourth-order valence-electron chi connectivity index (χ4n) is 3.24. The maximum atomic E-state index is 12.1. The minimum absolute atomic E-state index is 0.147. The number of piperidine rings is 1. The van der Waals surface area contributed by atoms with E-state index in [0.717, 1.165) is 51.9 Å². The number of hydrogen-bond donors (Lipinski definition) is 2. The first kappa shape index (κ1) is 13.8. The standard InChI is InChI=1S/C14H26N2O2/c1-18-11-14(6-8-15-9-7-14)10-16-13(17)12-4-2-3-5-12/h12,15H,2-11H2,1H3,(H,16,17). The van der Waals surface area contributed by atoms with Crippen molar-refractivity contribution < 1.29 is 9.53 Å². The summed E-state index contributed by atoms with van der Waals surface area (Å²) in [5, 5.41) is 6.55. The van der Waals surface area contributed by atoms with Crippen LogP contribution in [0.3, 0.4) is 0 Å². The molecule has 2 rings (SSSR count). The fraction of sp³-hybridized carbons (Fsp3) is 0.929.